The molecule has 4 aromatic rings. The number of rotatable bonds is 5. The molecule has 8 heteroatoms. The molecule has 0 aliphatic rings. The highest BCUT2D eigenvalue weighted by molar-refractivity contribution is 5.63. The first kappa shape index (κ1) is 27.6. The van der Waals surface area contributed by atoms with Crippen LogP contribution in [0.5, 0.6) is 23.0 Å². The number of hydrogen-bond acceptors (Lipinski definition) is 8. The van der Waals surface area contributed by atoms with Gasteiger partial charge in [0.1, 0.15) is 23.3 Å². The first-order valence-corrected chi connectivity index (χ1v) is 11.6. The van der Waals surface area contributed by atoms with Crippen LogP contribution in [0.3, 0.4) is 0 Å². The molecule has 0 bridgehead atoms. The molecule has 0 unspecified atom stereocenters. The Hall–Kier alpha value is -5.96. The molecule has 0 aliphatic carbocycles. The van der Waals surface area contributed by atoms with Crippen molar-refractivity contribution in [2.75, 3.05) is 7.11 Å². The lowest BCUT2D eigenvalue weighted by molar-refractivity contribution is 0.372. The van der Waals surface area contributed by atoms with Gasteiger partial charge >= 0.3 is 0 Å². The smallest absolute Gasteiger partial charge is 0.176 e. The summed E-state index contributed by atoms with van der Waals surface area (Å²) in [5, 5.41) is 65.8. The van der Waals surface area contributed by atoms with Crippen molar-refractivity contribution in [2.24, 2.45) is 0 Å². The van der Waals surface area contributed by atoms with Gasteiger partial charge in [-0.2, -0.15) is 21.0 Å². The highest BCUT2D eigenvalue weighted by Crippen LogP contribution is 2.36. The number of aromatic hydroxyl groups is 3. The standard InChI is InChI=1S/C16H12N2O2.C15H10N2O2/c1-20-15-8-12(9-17)13(14(10-18)16(15)19)7-11-5-3-2-4-6-11;16-8-11-7-14(18)15(19)13(9-17)12(11)6-10-4-2-1-3-5-10/h2-6,8,19H,7H2,1H3;1-5,7,18-19H,6H2. The fourth-order valence-electron chi connectivity index (χ4n) is 3.95. The van der Waals surface area contributed by atoms with Crippen molar-refractivity contribution in [3.63, 3.8) is 0 Å². The van der Waals surface area contributed by atoms with Gasteiger partial charge in [-0.25, -0.2) is 0 Å². The predicted molar refractivity (Wildman–Crippen MR) is 142 cm³/mol. The molecule has 39 heavy (non-hydrogen) atoms. The number of hydrogen-bond donors (Lipinski definition) is 3. The van der Waals surface area contributed by atoms with Crippen LogP contribution in [-0.2, 0) is 12.8 Å². The lowest BCUT2D eigenvalue weighted by Gasteiger charge is -2.12. The molecule has 0 saturated carbocycles. The van der Waals surface area contributed by atoms with Gasteiger partial charge in [0.05, 0.1) is 30.4 Å². The minimum atomic E-state index is -0.479. The van der Waals surface area contributed by atoms with E-state index in [-0.39, 0.29) is 28.2 Å². The number of ether oxygens (including phenoxy) is 1. The SMILES string of the molecule is COc1cc(C#N)c(Cc2ccccc2)c(C#N)c1O.N#Cc1cc(O)c(O)c(C#N)c1Cc1ccccc1. The maximum absolute atomic E-state index is 10.0. The summed E-state index contributed by atoms with van der Waals surface area (Å²) < 4.78 is 4.98. The molecule has 0 aliphatic heterocycles. The predicted octanol–water partition coefficient (Wildman–Crippen LogP) is 5.17. The van der Waals surface area contributed by atoms with Gasteiger partial charge in [-0.1, -0.05) is 60.7 Å². The number of nitriles is 4. The molecule has 8 nitrogen and oxygen atoms in total. The van der Waals surface area contributed by atoms with Crippen LogP contribution in [0.15, 0.2) is 72.8 Å². The summed E-state index contributed by atoms with van der Waals surface area (Å²) in [6.07, 6.45) is 0.755. The maximum atomic E-state index is 10.0. The van der Waals surface area contributed by atoms with Crippen LogP contribution in [0, 0.1) is 45.3 Å². The summed E-state index contributed by atoms with van der Waals surface area (Å²) >= 11 is 0. The lowest BCUT2D eigenvalue weighted by atomic mass is 9.94. The summed E-state index contributed by atoms with van der Waals surface area (Å²) in [6, 6.07) is 29.2. The van der Waals surface area contributed by atoms with Crippen molar-refractivity contribution >= 4 is 0 Å². The van der Waals surface area contributed by atoms with Gasteiger partial charge in [0.2, 0.25) is 0 Å². The summed E-state index contributed by atoms with van der Waals surface area (Å²) in [5.74, 6) is -1.02. The van der Waals surface area contributed by atoms with Crippen molar-refractivity contribution in [1.29, 1.82) is 21.0 Å². The topological polar surface area (TPSA) is 165 Å². The number of nitrogens with zero attached hydrogens (tertiary/aromatic N) is 4. The van der Waals surface area contributed by atoms with Crippen LogP contribution < -0.4 is 4.74 Å². The van der Waals surface area contributed by atoms with Gasteiger partial charge in [0.25, 0.3) is 0 Å². The fourth-order valence-corrected chi connectivity index (χ4v) is 3.95. The summed E-state index contributed by atoms with van der Waals surface area (Å²) in [6.45, 7) is 0. The Balaban J connectivity index is 0.000000216. The van der Waals surface area contributed by atoms with Crippen LogP contribution in [-0.4, -0.2) is 22.4 Å². The summed E-state index contributed by atoms with van der Waals surface area (Å²) in [7, 11) is 1.38. The third-order valence-corrected chi connectivity index (χ3v) is 5.89. The molecule has 0 aromatic heterocycles. The van der Waals surface area contributed by atoms with Gasteiger partial charge in [-0.05, 0) is 22.3 Å². The molecule has 4 rings (SSSR count). The van der Waals surface area contributed by atoms with E-state index in [4.69, 9.17) is 15.3 Å². The van der Waals surface area contributed by atoms with Gasteiger partial charge in [0, 0.05) is 25.0 Å². The molecule has 190 valence electrons. The first-order valence-electron chi connectivity index (χ1n) is 11.6. The van der Waals surface area contributed by atoms with E-state index in [0.29, 0.717) is 29.5 Å². The van der Waals surface area contributed by atoms with Crippen LogP contribution in [0.4, 0.5) is 0 Å². The second kappa shape index (κ2) is 12.8. The third-order valence-electron chi connectivity index (χ3n) is 5.89. The van der Waals surface area contributed by atoms with Crippen LogP contribution in [0.1, 0.15) is 44.5 Å². The summed E-state index contributed by atoms with van der Waals surface area (Å²) in [4.78, 5) is 0. The number of phenolic OH excluding ortho intramolecular Hbond substituents is 3. The van der Waals surface area contributed by atoms with Crippen molar-refractivity contribution in [2.45, 2.75) is 12.8 Å². The highest BCUT2D eigenvalue weighted by atomic mass is 16.5. The number of phenols is 3. The van der Waals surface area contributed by atoms with Crippen LogP contribution >= 0.6 is 0 Å². The monoisotopic (exact) mass is 514 g/mol. The highest BCUT2D eigenvalue weighted by Gasteiger charge is 2.19. The first-order chi connectivity index (χ1) is 18.9. The van der Waals surface area contributed by atoms with Crippen molar-refractivity contribution in [3.05, 3.63) is 117 Å². The quantitative estimate of drug-likeness (QED) is 0.307. The second-order valence-corrected chi connectivity index (χ2v) is 8.25. The molecule has 0 saturated heterocycles. The van der Waals surface area contributed by atoms with Crippen LogP contribution in [0.25, 0.3) is 0 Å². The van der Waals surface area contributed by atoms with E-state index in [1.807, 2.05) is 78.9 Å². The largest absolute Gasteiger partial charge is 0.504 e. The van der Waals surface area contributed by atoms with Gasteiger partial charge in [-0.3, -0.25) is 0 Å². The molecule has 4 aromatic carbocycles. The third kappa shape index (κ3) is 6.25. The Labute approximate surface area is 225 Å². The van der Waals surface area contributed by atoms with E-state index in [1.54, 1.807) is 0 Å². The number of benzene rings is 4. The zero-order valence-electron chi connectivity index (χ0n) is 20.9. The Morgan fingerprint density at radius 1 is 0.615 bits per heavy atom. The fraction of sp³-hybridized carbons (Fsp3) is 0.0968. The molecule has 0 atom stereocenters. The van der Waals surface area contributed by atoms with E-state index in [0.717, 1.165) is 11.1 Å². The maximum Gasteiger partial charge on any atom is 0.176 e. The Morgan fingerprint density at radius 3 is 1.46 bits per heavy atom. The second-order valence-electron chi connectivity index (χ2n) is 8.25. The van der Waals surface area contributed by atoms with Crippen molar-refractivity contribution in [1.82, 2.24) is 0 Å². The van der Waals surface area contributed by atoms with Gasteiger partial charge in [-0.15, -0.1) is 0 Å². The molecule has 0 fully saturated rings. The van der Waals surface area contributed by atoms with Gasteiger partial charge in [0.15, 0.2) is 23.0 Å². The van der Waals surface area contributed by atoms with E-state index in [9.17, 15) is 25.8 Å². The molecular weight excluding hydrogens is 492 g/mol. The Morgan fingerprint density at radius 2 is 1.05 bits per heavy atom. The number of methoxy groups -OCH3 is 1. The molecule has 0 radical (unpaired) electrons. The zero-order chi connectivity index (χ0) is 28.4. The van der Waals surface area contributed by atoms with Crippen molar-refractivity contribution in [3.8, 4) is 47.3 Å². The minimum Gasteiger partial charge on any atom is -0.504 e. The molecule has 0 amide bonds. The lowest BCUT2D eigenvalue weighted by Crippen LogP contribution is -1.99. The van der Waals surface area contributed by atoms with E-state index in [1.165, 1.54) is 19.2 Å². The Kier molecular flexibility index (Phi) is 9.09. The zero-order valence-corrected chi connectivity index (χ0v) is 20.9. The average Bonchev–Trinajstić information content (AvgIpc) is 2.97. The van der Waals surface area contributed by atoms with E-state index < -0.39 is 11.5 Å². The Bertz CT molecular complexity index is 1660. The minimum absolute atomic E-state index is 0.0552. The molecule has 0 heterocycles. The van der Waals surface area contributed by atoms with Gasteiger partial charge < -0.3 is 20.1 Å². The molecule has 3 N–H and O–H groups in total. The molecular formula is C31H22N4O4. The molecule has 0 spiro atoms. The van der Waals surface area contributed by atoms with E-state index >= 15 is 0 Å². The summed E-state index contributed by atoms with van der Waals surface area (Å²) in [5.41, 5.74) is 3.37. The normalized spacial score (nSPS) is 9.56. The average molecular weight is 515 g/mol. The van der Waals surface area contributed by atoms with E-state index in [2.05, 4.69) is 6.07 Å². The van der Waals surface area contributed by atoms with Crippen molar-refractivity contribution < 1.29 is 20.1 Å². The van der Waals surface area contributed by atoms with Crippen LogP contribution in [0.2, 0.25) is 0 Å².